The van der Waals surface area contributed by atoms with Gasteiger partial charge in [-0.05, 0) is 58.6 Å². The van der Waals surface area contributed by atoms with Gasteiger partial charge in [-0.3, -0.25) is 14.5 Å². The zero-order valence-electron chi connectivity index (χ0n) is 21.5. The van der Waals surface area contributed by atoms with Crippen molar-refractivity contribution in [1.82, 2.24) is 15.5 Å². The van der Waals surface area contributed by atoms with Crippen LogP contribution in [0, 0.1) is 24.8 Å². The number of benzene rings is 1. The van der Waals surface area contributed by atoms with Crippen LogP contribution in [-0.2, 0) is 14.3 Å². The Hall–Kier alpha value is -3.10. The Kier molecular flexibility index (Phi) is 12.3. The van der Waals surface area contributed by atoms with Crippen molar-refractivity contribution in [3.05, 3.63) is 35.4 Å². The molecule has 190 valence electrons. The Morgan fingerprint density at radius 3 is 2.34 bits per heavy atom. The Morgan fingerprint density at radius 1 is 1.14 bits per heavy atom. The second-order valence-electron chi connectivity index (χ2n) is 9.15. The maximum absolute atomic E-state index is 13.7. The quantitative estimate of drug-likeness (QED) is 0.354. The number of amides is 3. The smallest absolute Gasteiger partial charge is 0.408 e. The average Bonchev–Trinajstić information content (AvgIpc) is 2.78. The average molecular weight is 500 g/mol. The fraction of sp³-hybridized carbons (Fsp3) is 0.519. The maximum Gasteiger partial charge on any atom is 0.408 e. The molecule has 1 rings (SSSR count). The summed E-state index contributed by atoms with van der Waals surface area (Å²) < 4.78 is 5.34. The summed E-state index contributed by atoms with van der Waals surface area (Å²) >= 11 is 1.52. The molecular formula is C27H37N3O4S. The van der Waals surface area contributed by atoms with Crippen LogP contribution >= 0.6 is 11.8 Å². The number of alkyl carbamates (subject to hydrolysis) is 1. The van der Waals surface area contributed by atoms with Gasteiger partial charge in [0.15, 0.2) is 0 Å². The number of carbonyl (C=O) groups is 3. The van der Waals surface area contributed by atoms with Crippen molar-refractivity contribution < 1.29 is 19.1 Å². The summed E-state index contributed by atoms with van der Waals surface area (Å²) in [7, 11) is 0. The summed E-state index contributed by atoms with van der Waals surface area (Å²) in [6.07, 6.45) is 14.6. The van der Waals surface area contributed by atoms with Gasteiger partial charge in [0.1, 0.15) is 17.7 Å². The zero-order valence-corrected chi connectivity index (χ0v) is 22.3. The van der Waals surface area contributed by atoms with Gasteiger partial charge in [0.25, 0.3) is 5.91 Å². The molecule has 0 aliphatic heterocycles. The van der Waals surface area contributed by atoms with Crippen LogP contribution < -0.4 is 10.6 Å². The lowest BCUT2D eigenvalue weighted by Gasteiger charge is -2.31. The highest BCUT2D eigenvalue weighted by molar-refractivity contribution is 7.98. The van der Waals surface area contributed by atoms with Crippen LogP contribution in [0.25, 0.3) is 0 Å². The first-order valence-corrected chi connectivity index (χ1v) is 13.0. The first kappa shape index (κ1) is 29.9. The molecule has 0 fully saturated rings. The number of thioether (sulfide) groups is 1. The maximum atomic E-state index is 13.7. The van der Waals surface area contributed by atoms with E-state index in [1.165, 1.54) is 11.8 Å². The monoisotopic (exact) mass is 499 g/mol. The summed E-state index contributed by atoms with van der Waals surface area (Å²) in [4.78, 5) is 40.6. The molecule has 8 heteroatoms. The van der Waals surface area contributed by atoms with Gasteiger partial charge in [-0.2, -0.15) is 11.8 Å². The molecule has 0 heterocycles. The number of hydrogen-bond acceptors (Lipinski definition) is 5. The fourth-order valence-electron chi connectivity index (χ4n) is 3.47. The number of carbonyl (C=O) groups excluding carboxylic acids is 3. The lowest BCUT2D eigenvalue weighted by atomic mass is 9.97. The van der Waals surface area contributed by atoms with Crippen LogP contribution in [0.1, 0.15) is 71.0 Å². The van der Waals surface area contributed by atoms with Gasteiger partial charge in [0.05, 0.1) is 0 Å². The number of terminal acetylenes is 2. The lowest BCUT2D eigenvalue weighted by Crippen LogP contribution is -2.52. The summed E-state index contributed by atoms with van der Waals surface area (Å²) in [5, 5.41) is 5.57. The molecule has 2 N–H and O–H groups in total. The second-order valence-corrected chi connectivity index (χ2v) is 10.1. The van der Waals surface area contributed by atoms with Gasteiger partial charge in [-0.1, -0.05) is 43.9 Å². The second kappa shape index (κ2) is 14.3. The van der Waals surface area contributed by atoms with E-state index in [2.05, 4.69) is 22.6 Å². The Morgan fingerprint density at radius 2 is 1.80 bits per heavy atom. The molecule has 1 aromatic rings. The normalized spacial score (nSPS) is 13.4. The minimum Gasteiger partial charge on any atom is -0.444 e. The van der Waals surface area contributed by atoms with E-state index >= 15 is 0 Å². The minimum absolute atomic E-state index is 0.130. The molecule has 0 saturated carbocycles. The highest BCUT2D eigenvalue weighted by Gasteiger charge is 2.37. The molecule has 0 aromatic heterocycles. The first-order chi connectivity index (χ1) is 16.5. The number of nitrogens with one attached hydrogen (secondary N) is 2. The standard InChI is InChI=1S/C27H37N3O4S/c1-9-14-19(4)28-24(31)23(21-16-13-12-15-20(21)10-2)30(11-3)25(32)22(17-18-35-8)29-26(33)34-27(5,6)7/h2-3,12-13,15-16,19,22-23H,9,14,17-18H2,1,4-8H3,(H,28,31)(H,29,33). The van der Waals surface area contributed by atoms with E-state index in [-0.39, 0.29) is 6.04 Å². The summed E-state index contributed by atoms with van der Waals surface area (Å²) in [5.41, 5.74) is 0.139. The molecule has 0 aliphatic carbocycles. The van der Waals surface area contributed by atoms with Gasteiger partial charge in [0.2, 0.25) is 5.91 Å². The first-order valence-electron chi connectivity index (χ1n) is 11.6. The van der Waals surface area contributed by atoms with Crippen molar-refractivity contribution in [2.24, 2.45) is 0 Å². The molecule has 0 aliphatic rings. The summed E-state index contributed by atoms with van der Waals surface area (Å²) in [6.45, 7) is 9.09. The third kappa shape index (κ3) is 9.58. The predicted molar refractivity (Wildman–Crippen MR) is 141 cm³/mol. The molecule has 0 bridgehead atoms. The molecule has 0 saturated heterocycles. The number of nitrogens with zero attached hydrogens (tertiary/aromatic N) is 1. The van der Waals surface area contributed by atoms with Crippen LogP contribution in [0.3, 0.4) is 0 Å². The molecule has 35 heavy (non-hydrogen) atoms. The molecule has 3 atom stereocenters. The van der Waals surface area contributed by atoms with Crippen molar-refractivity contribution >= 4 is 29.7 Å². The molecule has 3 unspecified atom stereocenters. The SMILES string of the molecule is C#Cc1ccccc1C(C(=O)NC(C)CCC)N(C#C)C(=O)C(CCSC)NC(=O)OC(C)(C)C. The van der Waals surface area contributed by atoms with Crippen LogP contribution in [0.15, 0.2) is 24.3 Å². The lowest BCUT2D eigenvalue weighted by molar-refractivity contribution is -0.138. The minimum atomic E-state index is -1.17. The van der Waals surface area contributed by atoms with Crippen molar-refractivity contribution in [2.75, 3.05) is 12.0 Å². The molecule has 0 spiro atoms. The number of hydrogen-bond donors (Lipinski definition) is 2. The Labute approximate surface area is 214 Å². The third-order valence-electron chi connectivity index (χ3n) is 5.00. The Bertz CT molecular complexity index is 958. The largest absolute Gasteiger partial charge is 0.444 e. The topological polar surface area (TPSA) is 87.7 Å². The molecule has 1 aromatic carbocycles. The Balaban J connectivity index is 3.43. The molecule has 3 amide bonds. The van der Waals surface area contributed by atoms with E-state index in [1.807, 2.05) is 20.1 Å². The summed E-state index contributed by atoms with van der Waals surface area (Å²) in [5.74, 6) is 2.11. The third-order valence-corrected chi connectivity index (χ3v) is 5.65. The van der Waals surface area contributed by atoms with Crippen LogP contribution in [0.5, 0.6) is 0 Å². The van der Waals surface area contributed by atoms with E-state index in [0.717, 1.165) is 17.7 Å². The zero-order chi connectivity index (χ0) is 26.6. The van der Waals surface area contributed by atoms with Crippen molar-refractivity contribution in [3.63, 3.8) is 0 Å². The van der Waals surface area contributed by atoms with Crippen LogP contribution in [0.4, 0.5) is 4.79 Å². The highest BCUT2D eigenvalue weighted by atomic mass is 32.2. The molecule has 7 nitrogen and oxygen atoms in total. The van der Waals surface area contributed by atoms with Crippen LogP contribution in [0.2, 0.25) is 0 Å². The van der Waals surface area contributed by atoms with Crippen molar-refractivity contribution in [3.8, 4) is 24.8 Å². The number of rotatable bonds is 11. The number of ether oxygens (including phenoxy) is 1. The van der Waals surface area contributed by atoms with Gasteiger partial charge < -0.3 is 15.4 Å². The van der Waals surface area contributed by atoms with E-state index in [0.29, 0.717) is 23.3 Å². The fourth-order valence-corrected chi connectivity index (χ4v) is 3.94. The van der Waals surface area contributed by atoms with Gasteiger partial charge in [-0.25, -0.2) is 4.79 Å². The van der Waals surface area contributed by atoms with E-state index in [4.69, 9.17) is 17.6 Å². The molecular weight excluding hydrogens is 462 g/mol. The van der Waals surface area contributed by atoms with E-state index in [1.54, 1.807) is 45.0 Å². The highest BCUT2D eigenvalue weighted by Crippen LogP contribution is 2.26. The van der Waals surface area contributed by atoms with E-state index in [9.17, 15) is 14.4 Å². The van der Waals surface area contributed by atoms with Gasteiger partial charge in [-0.15, -0.1) is 6.42 Å². The van der Waals surface area contributed by atoms with Crippen molar-refractivity contribution in [2.45, 2.75) is 77.6 Å². The van der Waals surface area contributed by atoms with Gasteiger partial charge in [0, 0.05) is 23.2 Å². The summed E-state index contributed by atoms with van der Waals surface area (Å²) in [6, 6.07) is 6.93. The predicted octanol–water partition coefficient (Wildman–Crippen LogP) is 4.08. The van der Waals surface area contributed by atoms with Gasteiger partial charge >= 0.3 is 6.09 Å². The molecule has 0 radical (unpaired) electrons. The van der Waals surface area contributed by atoms with E-state index < -0.39 is 35.6 Å². The van der Waals surface area contributed by atoms with Crippen LogP contribution in [-0.4, -0.2) is 52.5 Å². The van der Waals surface area contributed by atoms with Crippen molar-refractivity contribution in [1.29, 1.82) is 0 Å².